The van der Waals surface area contributed by atoms with Crippen LogP contribution in [0.1, 0.15) is 27.0 Å². The molecule has 1 fully saturated rings. The minimum atomic E-state index is -1.30. The average Bonchev–Trinajstić information content (AvgIpc) is 3.06. The highest BCUT2D eigenvalue weighted by Crippen LogP contribution is 2.32. The molecule has 1 aliphatic heterocycles. The van der Waals surface area contributed by atoms with Crippen LogP contribution >= 0.6 is 15.9 Å². The third-order valence-electron chi connectivity index (χ3n) is 7.17. The molecular formula is C35H33BrO7. The van der Waals surface area contributed by atoms with Gasteiger partial charge in [0, 0.05) is 17.1 Å². The van der Waals surface area contributed by atoms with Crippen molar-refractivity contribution < 1.29 is 33.3 Å². The summed E-state index contributed by atoms with van der Waals surface area (Å²) in [6.45, 7) is 0.640. The van der Waals surface area contributed by atoms with Gasteiger partial charge in [-0.05, 0) is 41.0 Å². The van der Waals surface area contributed by atoms with E-state index < -0.39 is 42.3 Å². The van der Waals surface area contributed by atoms with Gasteiger partial charge in [-0.3, -0.25) is 9.59 Å². The monoisotopic (exact) mass is 644 g/mol. The van der Waals surface area contributed by atoms with E-state index in [9.17, 15) is 9.59 Å². The average molecular weight is 646 g/mol. The number of carbonyl (C=O) groups excluding carboxylic acids is 2. The lowest BCUT2D eigenvalue weighted by atomic mass is 9.92. The standard InChI is InChI=1S/C35H33BrO7/c1-39-35-34(42-23-26-15-9-4-10-16-26)33(41-22-25-13-7-3-8-14-25)32(40-21-24-11-5-2-6-12-24)31(43-35)30(38)29(37)27-17-19-28(36)20-18-27/h2-20,31-35H,21-23H2,1H3/t31-,32+,33+,34-,35+/m1/s1. The third kappa shape index (κ3) is 8.12. The zero-order valence-electron chi connectivity index (χ0n) is 23.7. The summed E-state index contributed by atoms with van der Waals surface area (Å²) in [6, 6.07) is 35.6. The van der Waals surface area contributed by atoms with Gasteiger partial charge < -0.3 is 23.7 Å². The molecule has 5 atom stereocenters. The Balaban J connectivity index is 1.48. The van der Waals surface area contributed by atoms with E-state index in [0.29, 0.717) is 0 Å². The molecule has 0 aliphatic carbocycles. The maximum absolute atomic E-state index is 13.9. The summed E-state index contributed by atoms with van der Waals surface area (Å²) in [5.74, 6) is -1.44. The van der Waals surface area contributed by atoms with Crippen LogP contribution in [0.25, 0.3) is 0 Å². The fourth-order valence-corrected chi connectivity index (χ4v) is 5.20. The highest BCUT2D eigenvalue weighted by molar-refractivity contribution is 9.10. The highest BCUT2D eigenvalue weighted by atomic mass is 79.9. The van der Waals surface area contributed by atoms with E-state index in [0.717, 1.165) is 21.2 Å². The summed E-state index contributed by atoms with van der Waals surface area (Å²) in [6.07, 6.45) is -4.89. The Morgan fingerprint density at radius 2 is 1.07 bits per heavy atom. The van der Waals surface area contributed by atoms with Crippen LogP contribution in [0.5, 0.6) is 0 Å². The van der Waals surface area contributed by atoms with E-state index in [4.69, 9.17) is 23.7 Å². The molecule has 7 nitrogen and oxygen atoms in total. The molecule has 8 heteroatoms. The minimum Gasteiger partial charge on any atom is -0.368 e. The van der Waals surface area contributed by atoms with Gasteiger partial charge in [-0.15, -0.1) is 0 Å². The summed E-state index contributed by atoms with van der Waals surface area (Å²) in [5, 5.41) is 0. The lowest BCUT2D eigenvalue weighted by Crippen LogP contribution is -2.63. The van der Waals surface area contributed by atoms with Crippen LogP contribution in [-0.4, -0.2) is 49.4 Å². The van der Waals surface area contributed by atoms with E-state index in [2.05, 4.69) is 15.9 Å². The minimum absolute atomic E-state index is 0.166. The fraction of sp³-hybridized carbons (Fsp3) is 0.257. The second-order valence-electron chi connectivity index (χ2n) is 10.1. The van der Waals surface area contributed by atoms with Crippen LogP contribution in [0.4, 0.5) is 0 Å². The van der Waals surface area contributed by atoms with Gasteiger partial charge in [-0.1, -0.05) is 107 Å². The maximum atomic E-state index is 13.9. The van der Waals surface area contributed by atoms with Crippen molar-refractivity contribution in [3.8, 4) is 0 Å². The lowest BCUT2D eigenvalue weighted by Gasteiger charge is -2.44. The molecule has 0 aromatic heterocycles. The van der Waals surface area contributed by atoms with Gasteiger partial charge in [0.15, 0.2) is 12.4 Å². The zero-order chi connectivity index (χ0) is 30.0. The van der Waals surface area contributed by atoms with Crippen molar-refractivity contribution in [1.29, 1.82) is 0 Å². The van der Waals surface area contributed by atoms with Crippen molar-refractivity contribution in [2.45, 2.75) is 50.5 Å². The van der Waals surface area contributed by atoms with Crippen LogP contribution in [0.3, 0.4) is 0 Å². The van der Waals surface area contributed by atoms with Crippen molar-refractivity contribution in [2.75, 3.05) is 7.11 Å². The Hall–Kier alpha value is -3.50. The number of Topliss-reactive ketones (excluding diaryl/α,β-unsaturated/α-hetero) is 2. The lowest BCUT2D eigenvalue weighted by molar-refractivity contribution is -0.310. The molecule has 5 rings (SSSR count). The van der Waals surface area contributed by atoms with Crippen molar-refractivity contribution >= 4 is 27.5 Å². The van der Waals surface area contributed by atoms with Gasteiger partial charge in [0.25, 0.3) is 0 Å². The number of benzene rings is 4. The number of halogens is 1. The van der Waals surface area contributed by atoms with E-state index in [1.54, 1.807) is 24.3 Å². The Labute approximate surface area is 259 Å². The Morgan fingerprint density at radius 1 is 0.628 bits per heavy atom. The molecule has 0 bridgehead atoms. The van der Waals surface area contributed by atoms with Crippen LogP contribution in [0, 0.1) is 0 Å². The summed E-state index contributed by atoms with van der Waals surface area (Å²) < 4.78 is 32.0. The maximum Gasteiger partial charge on any atom is 0.234 e. The van der Waals surface area contributed by atoms with E-state index >= 15 is 0 Å². The van der Waals surface area contributed by atoms with Crippen molar-refractivity contribution in [3.63, 3.8) is 0 Å². The Kier molecular flexibility index (Phi) is 11.0. The predicted octanol–water partition coefficient (Wildman–Crippen LogP) is 6.33. The van der Waals surface area contributed by atoms with E-state index in [1.165, 1.54) is 7.11 Å². The molecule has 4 aromatic carbocycles. The van der Waals surface area contributed by atoms with Gasteiger partial charge in [0.1, 0.15) is 18.3 Å². The molecule has 0 N–H and O–H groups in total. The van der Waals surface area contributed by atoms with Crippen molar-refractivity contribution in [1.82, 2.24) is 0 Å². The first kappa shape index (κ1) is 30.9. The first-order chi connectivity index (χ1) is 21.0. The first-order valence-corrected chi connectivity index (χ1v) is 14.8. The number of rotatable bonds is 13. The quantitative estimate of drug-likeness (QED) is 0.124. The molecule has 222 valence electrons. The van der Waals surface area contributed by atoms with Gasteiger partial charge >= 0.3 is 0 Å². The Morgan fingerprint density at radius 3 is 1.53 bits per heavy atom. The summed E-state index contributed by atoms with van der Waals surface area (Å²) in [7, 11) is 1.47. The molecule has 0 saturated carbocycles. The zero-order valence-corrected chi connectivity index (χ0v) is 25.3. The molecule has 1 aliphatic rings. The van der Waals surface area contributed by atoms with Gasteiger partial charge in [0.2, 0.25) is 11.6 Å². The van der Waals surface area contributed by atoms with E-state index in [1.807, 2.05) is 91.0 Å². The van der Waals surface area contributed by atoms with Crippen LogP contribution in [0.15, 0.2) is 120 Å². The van der Waals surface area contributed by atoms with Crippen LogP contribution < -0.4 is 0 Å². The van der Waals surface area contributed by atoms with Crippen LogP contribution in [-0.2, 0) is 48.3 Å². The number of carbonyl (C=O) groups is 2. The summed E-state index contributed by atoms with van der Waals surface area (Å²) in [4.78, 5) is 27.3. The van der Waals surface area contributed by atoms with Crippen LogP contribution in [0.2, 0.25) is 0 Å². The SMILES string of the molecule is CO[C@H]1O[C@H](C(=O)C(=O)c2ccc(Br)cc2)[C@H](OCc2ccccc2)[C@H](OCc2ccccc2)[C@H]1OCc1ccccc1. The number of ketones is 2. The molecule has 0 amide bonds. The number of methoxy groups -OCH3 is 1. The normalized spacial score (nSPS) is 21.8. The third-order valence-corrected chi connectivity index (χ3v) is 7.70. The second kappa shape index (κ2) is 15.3. The van der Waals surface area contributed by atoms with Gasteiger partial charge in [-0.2, -0.15) is 0 Å². The molecule has 43 heavy (non-hydrogen) atoms. The number of ether oxygens (including phenoxy) is 5. The fourth-order valence-electron chi connectivity index (χ4n) is 4.93. The summed E-state index contributed by atoms with van der Waals surface area (Å²) >= 11 is 3.37. The van der Waals surface area contributed by atoms with Crippen molar-refractivity contribution in [2.24, 2.45) is 0 Å². The molecule has 4 aromatic rings. The highest BCUT2D eigenvalue weighted by Gasteiger charge is 2.52. The van der Waals surface area contributed by atoms with Gasteiger partial charge in [0.05, 0.1) is 19.8 Å². The topological polar surface area (TPSA) is 80.3 Å². The second-order valence-corrected chi connectivity index (χ2v) is 11.1. The van der Waals surface area contributed by atoms with E-state index in [-0.39, 0.29) is 25.4 Å². The summed E-state index contributed by atoms with van der Waals surface area (Å²) in [5.41, 5.74) is 3.02. The van der Waals surface area contributed by atoms with Gasteiger partial charge in [-0.25, -0.2) is 0 Å². The molecule has 0 spiro atoms. The number of hydrogen-bond donors (Lipinski definition) is 0. The molecule has 0 radical (unpaired) electrons. The smallest absolute Gasteiger partial charge is 0.234 e. The number of hydrogen-bond acceptors (Lipinski definition) is 7. The molecule has 0 unspecified atom stereocenters. The molecule has 1 saturated heterocycles. The molecule has 1 heterocycles. The predicted molar refractivity (Wildman–Crippen MR) is 164 cm³/mol. The molecular weight excluding hydrogens is 612 g/mol. The van der Waals surface area contributed by atoms with Crippen molar-refractivity contribution in [3.05, 3.63) is 142 Å². The first-order valence-electron chi connectivity index (χ1n) is 14.0. The largest absolute Gasteiger partial charge is 0.368 e. The Bertz CT molecular complexity index is 1450.